The zero-order valence-corrected chi connectivity index (χ0v) is 20.5. The van der Waals surface area contributed by atoms with Crippen molar-refractivity contribution in [3.05, 3.63) is 118 Å². The van der Waals surface area contributed by atoms with Crippen molar-refractivity contribution in [3.8, 4) is 0 Å². The van der Waals surface area contributed by atoms with Crippen LogP contribution in [0, 0.1) is 0 Å². The van der Waals surface area contributed by atoms with Crippen molar-refractivity contribution >= 4 is 23.4 Å². The van der Waals surface area contributed by atoms with E-state index in [1.165, 1.54) is 6.92 Å². The van der Waals surface area contributed by atoms with E-state index < -0.39 is 36.2 Å². The molecule has 0 amide bonds. The van der Waals surface area contributed by atoms with E-state index in [4.69, 9.17) is 25.8 Å². The maximum Gasteiger partial charge on any atom is 0.303 e. The van der Waals surface area contributed by atoms with Gasteiger partial charge in [0.25, 0.3) is 0 Å². The molecular formula is C29H27ClO6. The van der Waals surface area contributed by atoms with Gasteiger partial charge in [-0.1, -0.05) is 84.4 Å². The van der Waals surface area contributed by atoms with Crippen LogP contribution < -0.4 is 0 Å². The molecule has 7 heteroatoms. The Hall–Kier alpha value is -3.29. The fourth-order valence-electron chi connectivity index (χ4n) is 4.05. The molecule has 1 aliphatic carbocycles. The second kappa shape index (κ2) is 12.1. The lowest BCUT2D eigenvalue weighted by molar-refractivity contribution is -0.174. The molecule has 4 atom stereocenters. The molecule has 0 bridgehead atoms. The molecule has 186 valence electrons. The van der Waals surface area contributed by atoms with Crippen molar-refractivity contribution < 1.29 is 28.9 Å². The lowest BCUT2D eigenvalue weighted by Crippen LogP contribution is -2.51. The Morgan fingerprint density at radius 2 is 1.44 bits per heavy atom. The largest absolute Gasteiger partial charge is 0.451 e. The lowest BCUT2D eigenvalue weighted by Gasteiger charge is -2.36. The first-order valence-electron chi connectivity index (χ1n) is 11.6. The number of benzene rings is 3. The number of hydrogen-bond acceptors (Lipinski definition) is 6. The maximum atomic E-state index is 13.5. The fraction of sp³-hybridized carbons (Fsp3) is 0.241. The van der Waals surface area contributed by atoms with E-state index >= 15 is 0 Å². The average molecular weight is 507 g/mol. The van der Waals surface area contributed by atoms with Gasteiger partial charge in [0, 0.05) is 17.5 Å². The average Bonchev–Trinajstić information content (AvgIpc) is 2.89. The molecule has 6 nitrogen and oxygen atoms in total. The Labute approximate surface area is 215 Å². The molecule has 3 aromatic rings. The summed E-state index contributed by atoms with van der Waals surface area (Å²) in [6.45, 7) is 1.65. The summed E-state index contributed by atoms with van der Waals surface area (Å²) in [6.07, 6.45) is -2.65. The van der Waals surface area contributed by atoms with Crippen molar-refractivity contribution in [1.82, 2.24) is 0 Å². The summed E-state index contributed by atoms with van der Waals surface area (Å²) in [5, 5.41) is 11.6. The summed E-state index contributed by atoms with van der Waals surface area (Å²) in [4.78, 5) is 25.5. The Kier molecular flexibility index (Phi) is 8.67. The number of ketones is 1. The van der Waals surface area contributed by atoms with E-state index in [9.17, 15) is 14.7 Å². The van der Waals surface area contributed by atoms with Gasteiger partial charge < -0.3 is 19.3 Å². The lowest BCUT2D eigenvalue weighted by atomic mass is 9.85. The van der Waals surface area contributed by atoms with Crippen LogP contribution in [0.3, 0.4) is 0 Å². The third-order valence-corrected chi connectivity index (χ3v) is 6.10. The van der Waals surface area contributed by atoms with Crippen LogP contribution in [0.25, 0.3) is 0 Å². The number of Topliss-reactive ketones (excluding diaryl/α,β-unsaturated/α-hetero) is 1. The zero-order chi connectivity index (χ0) is 25.5. The zero-order valence-electron chi connectivity index (χ0n) is 19.8. The van der Waals surface area contributed by atoms with E-state index in [0.29, 0.717) is 10.6 Å². The van der Waals surface area contributed by atoms with E-state index in [-0.39, 0.29) is 18.8 Å². The minimum Gasteiger partial charge on any atom is -0.451 e. The highest BCUT2D eigenvalue weighted by Crippen LogP contribution is 2.33. The van der Waals surface area contributed by atoms with Crippen LogP contribution in [-0.4, -0.2) is 35.2 Å². The number of hydrogen-bond donors (Lipinski definition) is 1. The SMILES string of the molecule is CC(=O)O[C@@H]1C(=O)C([C@@H](O)c2ccc(Cl)cc2)=C[C@H](OCc2ccccc2)[C@H]1OCc1ccccc1. The Bertz CT molecular complexity index is 1190. The monoisotopic (exact) mass is 506 g/mol. The van der Waals surface area contributed by atoms with Gasteiger partial charge in [0.05, 0.1) is 13.2 Å². The number of ether oxygens (including phenoxy) is 3. The molecule has 1 aliphatic rings. The highest BCUT2D eigenvalue weighted by atomic mass is 35.5. The number of aliphatic hydroxyl groups is 1. The molecular weight excluding hydrogens is 480 g/mol. The third kappa shape index (κ3) is 6.47. The highest BCUT2D eigenvalue weighted by Gasteiger charge is 2.45. The topological polar surface area (TPSA) is 82.1 Å². The Morgan fingerprint density at radius 1 is 0.889 bits per heavy atom. The Morgan fingerprint density at radius 3 is 2.00 bits per heavy atom. The molecule has 0 fully saturated rings. The fourth-order valence-corrected chi connectivity index (χ4v) is 4.17. The van der Waals surface area contributed by atoms with Gasteiger partial charge in [-0.05, 0) is 34.9 Å². The van der Waals surface area contributed by atoms with Crippen molar-refractivity contribution in [1.29, 1.82) is 0 Å². The smallest absolute Gasteiger partial charge is 0.303 e. The summed E-state index contributed by atoms with van der Waals surface area (Å²) in [5.74, 6) is -1.17. The van der Waals surface area contributed by atoms with Gasteiger partial charge in [-0.15, -0.1) is 0 Å². The third-order valence-electron chi connectivity index (χ3n) is 5.85. The van der Waals surface area contributed by atoms with Crippen LogP contribution in [0.15, 0.2) is 96.6 Å². The molecule has 0 saturated heterocycles. The normalized spacial score (nSPS) is 20.5. The van der Waals surface area contributed by atoms with Gasteiger partial charge in [0.1, 0.15) is 18.3 Å². The summed E-state index contributed by atoms with van der Waals surface area (Å²) < 4.78 is 17.8. The minimum atomic E-state index is -1.28. The molecule has 0 aliphatic heterocycles. The molecule has 0 spiro atoms. The van der Waals surface area contributed by atoms with Crippen LogP contribution in [0.2, 0.25) is 5.02 Å². The van der Waals surface area contributed by atoms with Gasteiger partial charge >= 0.3 is 5.97 Å². The molecule has 1 N–H and O–H groups in total. The molecule has 4 rings (SSSR count). The summed E-state index contributed by atoms with van der Waals surface area (Å²) in [6, 6.07) is 25.6. The molecule has 0 unspecified atom stereocenters. The first kappa shape index (κ1) is 25.8. The van der Waals surface area contributed by atoms with E-state index in [1.54, 1.807) is 30.3 Å². The summed E-state index contributed by atoms with van der Waals surface area (Å²) in [7, 11) is 0. The number of carbonyl (C=O) groups is 2. The second-order valence-corrected chi connectivity index (χ2v) is 8.93. The van der Waals surface area contributed by atoms with Gasteiger partial charge in [0.2, 0.25) is 5.78 Å². The first-order chi connectivity index (χ1) is 17.4. The quantitative estimate of drug-likeness (QED) is 0.412. The van der Waals surface area contributed by atoms with Crippen molar-refractivity contribution in [2.75, 3.05) is 0 Å². The maximum absolute atomic E-state index is 13.5. The van der Waals surface area contributed by atoms with Crippen LogP contribution in [0.5, 0.6) is 0 Å². The predicted octanol–water partition coefficient (Wildman–Crippen LogP) is 4.99. The minimum absolute atomic E-state index is 0.0706. The van der Waals surface area contributed by atoms with Crippen LogP contribution >= 0.6 is 11.6 Å². The summed E-state index contributed by atoms with van der Waals surface area (Å²) >= 11 is 5.98. The van der Waals surface area contributed by atoms with E-state index in [2.05, 4.69) is 0 Å². The second-order valence-electron chi connectivity index (χ2n) is 8.49. The van der Waals surface area contributed by atoms with E-state index in [1.807, 2.05) is 60.7 Å². The van der Waals surface area contributed by atoms with Crippen LogP contribution in [-0.2, 0) is 37.0 Å². The standard InChI is InChI=1S/C29H27ClO6/c1-19(31)36-29-27(33)24(26(32)22-12-14-23(30)15-13-22)16-25(34-17-20-8-4-2-5-9-20)28(29)35-18-21-10-6-3-7-11-21/h2-16,25-26,28-29,32H,17-18H2,1H3/t25-,26-,28+,29+/m0/s1. The predicted molar refractivity (Wildman–Crippen MR) is 135 cm³/mol. The number of rotatable bonds is 9. The van der Waals surface area contributed by atoms with Gasteiger partial charge in [-0.25, -0.2) is 0 Å². The molecule has 0 saturated carbocycles. The van der Waals surface area contributed by atoms with Crippen molar-refractivity contribution in [3.63, 3.8) is 0 Å². The molecule has 0 radical (unpaired) electrons. The number of esters is 1. The van der Waals surface area contributed by atoms with Crippen LogP contribution in [0.4, 0.5) is 0 Å². The number of halogens is 1. The first-order valence-corrected chi connectivity index (χ1v) is 12.0. The molecule has 0 heterocycles. The molecule has 3 aromatic carbocycles. The summed E-state index contributed by atoms with van der Waals surface area (Å²) in [5.41, 5.74) is 2.37. The van der Waals surface area contributed by atoms with Gasteiger partial charge in [-0.2, -0.15) is 0 Å². The van der Waals surface area contributed by atoms with Crippen LogP contribution in [0.1, 0.15) is 29.7 Å². The molecule has 36 heavy (non-hydrogen) atoms. The van der Waals surface area contributed by atoms with Gasteiger partial charge in [0.15, 0.2) is 6.10 Å². The number of carbonyl (C=O) groups excluding carboxylic acids is 2. The number of aliphatic hydroxyl groups excluding tert-OH is 1. The highest BCUT2D eigenvalue weighted by molar-refractivity contribution is 6.30. The van der Waals surface area contributed by atoms with E-state index in [0.717, 1.165) is 11.1 Å². The molecule has 0 aromatic heterocycles. The Balaban J connectivity index is 1.67. The van der Waals surface area contributed by atoms with Gasteiger partial charge in [-0.3, -0.25) is 9.59 Å². The van der Waals surface area contributed by atoms with Crippen molar-refractivity contribution in [2.24, 2.45) is 0 Å². The van der Waals surface area contributed by atoms with Crippen molar-refractivity contribution in [2.45, 2.75) is 44.6 Å².